The molecular weight excluding hydrogens is 300 g/mol. The van der Waals surface area contributed by atoms with Crippen LogP contribution in [0.4, 0.5) is 12.9 Å². The van der Waals surface area contributed by atoms with Crippen molar-refractivity contribution >= 4 is 24.8 Å². The Bertz CT molecular complexity index is 383. The first-order chi connectivity index (χ1) is 8.05. The average Bonchev–Trinajstić information content (AvgIpc) is 2.29. The zero-order valence-corrected chi connectivity index (χ0v) is 15.1. The molecule has 1 aliphatic rings. The molecule has 1 aromatic carbocycles. The molecule has 0 N–H and O–H groups in total. The quantitative estimate of drug-likeness (QED) is 0.718. The number of halogens is 4. The molecule has 7 heteroatoms. The molecule has 2 rings (SSSR count). The van der Waals surface area contributed by atoms with Gasteiger partial charge in [-0.1, -0.05) is 30.7 Å². The van der Waals surface area contributed by atoms with E-state index in [1.54, 1.807) is 6.07 Å². The van der Waals surface area contributed by atoms with Crippen molar-refractivity contribution in [2.75, 3.05) is 13.1 Å². The molecule has 1 aromatic rings. The molecule has 1 saturated heterocycles. The normalized spacial score (nSPS) is 16.4. The standard InChI is InChI=1S/C12H16BF3N.ClH.K/c14-13(15,16)12-6-4-5-11(9-12)10-17-7-2-1-3-8-17;;/h4-6,9H,1-3,7-8,10H2;1H;/q-1;;+1. The van der Waals surface area contributed by atoms with Crippen LogP contribution in [-0.4, -0.2) is 25.0 Å². The summed E-state index contributed by atoms with van der Waals surface area (Å²) in [6.07, 6.45) is 3.55. The van der Waals surface area contributed by atoms with Gasteiger partial charge in [0.15, 0.2) is 0 Å². The van der Waals surface area contributed by atoms with Crippen molar-refractivity contribution in [2.24, 2.45) is 0 Å². The predicted octanol–water partition coefficient (Wildman–Crippen LogP) is 0.153. The van der Waals surface area contributed by atoms with Crippen molar-refractivity contribution < 1.29 is 64.3 Å². The van der Waals surface area contributed by atoms with E-state index in [-0.39, 0.29) is 63.8 Å². The summed E-state index contributed by atoms with van der Waals surface area (Å²) in [6.45, 7) is -2.23. The van der Waals surface area contributed by atoms with Crippen LogP contribution in [0.15, 0.2) is 24.3 Å². The number of hydrogen-bond donors (Lipinski definition) is 0. The molecule has 0 saturated carbocycles. The summed E-state index contributed by atoms with van der Waals surface area (Å²) in [7, 11) is 0. The Hall–Kier alpha value is 0.961. The molecule has 0 spiro atoms. The first kappa shape index (κ1) is 20.0. The van der Waals surface area contributed by atoms with Gasteiger partial charge in [0.05, 0.1) is 0 Å². The minimum atomic E-state index is -4.87. The zero-order chi connectivity index (χ0) is 12.3. The van der Waals surface area contributed by atoms with Crippen LogP contribution in [0.1, 0.15) is 24.8 Å². The van der Waals surface area contributed by atoms with Crippen molar-refractivity contribution in [3.8, 4) is 0 Å². The summed E-state index contributed by atoms with van der Waals surface area (Å²) < 4.78 is 37.8. The van der Waals surface area contributed by atoms with Crippen LogP contribution in [-0.2, 0) is 6.54 Å². The molecule has 1 heterocycles. The van der Waals surface area contributed by atoms with E-state index in [2.05, 4.69) is 4.90 Å². The summed E-state index contributed by atoms with van der Waals surface area (Å²) in [4.78, 5) is 2.23. The van der Waals surface area contributed by atoms with Gasteiger partial charge in [0, 0.05) is 6.54 Å². The molecule has 1 fully saturated rings. The van der Waals surface area contributed by atoms with Gasteiger partial charge < -0.3 is 12.9 Å². The fraction of sp³-hybridized carbons (Fsp3) is 0.500. The number of nitrogens with zero attached hydrogens (tertiary/aromatic N) is 1. The smallest absolute Gasteiger partial charge is 0.445 e. The number of hydrogen-bond acceptors (Lipinski definition) is 1. The van der Waals surface area contributed by atoms with E-state index in [0.29, 0.717) is 6.54 Å². The average molecular weight is 318 g/mol. The van der Waals surface area contributed by atoms with Crippen LogP contribution in [0, 0.1) is 0 Å². The Morgan fingerprint density at radius 1 is 1.05 bits per heavy atom. The van der Waals surface area contributed by atoms with E-state index in [4.69, 9.17) is 0 Å². The second-order valence-corrected chi connectivity index (χ2v) is 4.66. The molecular formula is C12H17BClF3KN. The Morgan fingerprint density at radius 3 is 2.26 bits per heavy atom. The van der Waals surface area contributed by atoms with Gasteiger partial charge in [-0.2, -0.15) is 0 Å². The summed E-state index contributed by atoms with van der Waals surface area (Å²) in [5.41, 5.74) is 0.281. The van der Waals surface area contributed by atoms with E-state index in [9.17, 15) is 12.9 Å². The van der Waals surface area contributed by atoms with Gasteiger partial charge in [0.1, 0.15) is 0 Å². The molecule has 0 aromatic heterocycles. The minimum Gasteiger partial charge on any atom is -0.445 e. The number of rotatable bonds is 3. The molecule has 102 valence electrons. The van der Waals surface area contributed by atoms with Crippen LogP contribution in [0.3, 0.4) is 0 Å². The maximum Gasteiger partial charge on any atom is 1.00 e. The first-order valence-corrected chi connectivity index (χ1v) is 6.07. The van der Waals surface area contributed by atoms with Crippen molar-refractivity contribution in [1.82, 2.24) is 4.90 Å². The van der Waals surface area contributed by atoms with E-state index >= 15 is 0 Å². The maximum absolute atomic E-state index is 12.6. The second-order valence-electron chi connectivity index (χ2n) is 4.66. The van der Waals surface area contributed by atoms with Crippen LogP contribution >= 0.6 is 12.4 Å². The van der Waals surface area contributed by atoms with Crippen LogP contribution in [0.5, 0.6) is 0 Å². The Morgan fingerprint density at radius 2 is 1.68 bits per heavy atom. The van der Waals surface area contributed by atoms with Gasteiger partial charge in [-0.15, -0.1) is 17.9 Å². The van der Waals surface area contributed by atoms with Crippen molar-refractivity contribution in [2.45, 2.75) is 25.8 Å². The molecule has 0 bridgehead atoms. The van der Waals surface area contributed by atoms with Gasteiger partial charge in [-0.3, -0.25) is 4.90 Å². The summed E-state index contributed by atoms with van der Waals surface area (Å²) in [5, 5.41) is 0. The Kier molecular flexibility index (Phi) is 9.54. The minimum absolute atomic E-state index is 0. The largest absolute Gasteiger partial charge is 1.00 e. The number of benzene rings is 1. The van der Waals surface area contributed by atoms with Gasteiger partial charge >= 0.3 is 58.4 Å². The fourth-order valence-corrected chi connectivity index (χ4v) is 2.27. The van der Waals surface area contributed by atoms with Crippen molar-refractivity contribution in [3.63, 3.8) is 0 Å². The van der Waals surface area contributed by atoms with Crippen LogP contribution < -0.4 is 56.8 Å². The molecule has 0 atom stereocenters. The SMILES string of the molecule is Cl.F[B-](F)(F)c1cccc(CN2CCCCC2)c1.[K+]. The molecule has 1 nitrogen and oxygen atoms in total. The molecule has 19 heavy (non-hydrogen) atoms. The van der Waals surface area contributed by atoms with E-state index in [0.717, 1.165) is 37.6 Å². The Balaban J connectivity index is 0.00000162. The van der Waals surface area contributed by atoms with Gasteiger partial charge in [-0.25, -0.2) is 0 Å². The monoisotopic (exact) mass is 317 g/mol. The van der Waals surface area contributed by atoms with Crippen molar-refractivity contribution in [3.05, 3.63) is 29.8 Å². The topological polar surface area (TPSA) is 3.24 Å². The van der Waals surface area contributed by atoms with Crippen LogP contribution in [0.2, 0.25) is 0 Å². The van der Waals surface area contributed by atoms with Gasteiger partial charge in [0.2, 0.25) is 0 Å². The first-order valence-electron chi connectivity index (χ1n) is 6.07. The molecule has 0 radical (unpaired) electrons. The third-order valence-corrected chi connectivity index (χ3v) is 3.18. The van der Waals surface area contributed by atoms with Crippen molar-refractivity contribution in [1.29, 1.82) is 0 Å². The van der Waals surface area contributed by atoms with Crippen LogP contribution in [0.25, 0.3) is 0 Å². The summed E-state index contributed by atoms with van der Waals surface area (Å²) in [5.74, 6) is 0. The predicted molar refractivity (Wildman–Crippen MR) is 71.5 cm³/mol. The van der Waals surface area contributed by atoms with Gasteiger partial charge in [0.25, 0.3) is 0 Å². The van der Waals surface area contributed by atoms with E-state index in [1.165, 1.54) is 18.6 Å². The Labute approximate surface area is 161 Å². The molecule has 0 amide bonds. The summed E-state index contributed by atoms with van der Waals surface area (Å²) >= 11 is 0. The third kappa shape index (κ3) is 6.50. The second kappa shape index (κ2) is 9.08. The summed E-state index contributed by atoms with van der Waals surface area (Å²) in [6, 6.07) is 5.72. The molecule has 1 aliphatic heterocycles. The van der Waals surface area contributed by atoms with E-state index < -0.39 is 12.4 Å². The zero-order valence-electron chi connectivity index (χ0n) is 11.1. The fourth-order valence-electron chi connectivity index (χ4n) is 2.27. The molecule has 0 unspecified atom stereocenters. The number of likely N-dealkylation sites (tertiary alicyclic amines) is 1. The maximum atomic E-state index is 12.6. The number of piperidine rings is 1. The van der Waals surface area contributed by atoms with E-state index in [1.807, 2.05) is 0 Å². The third-order valence-electron chi connectivity index (χ3n) is 3.18. The molecule has 0 aliphatic carbocycles. The van der Waals surface area contributed by atoms with Gasteiger partial charge in [-0.05, 0) is 31.5 Å².